The number of nitrogens with zero attached hydrogens (tertiary/aromatic N) is 2. The van der Waals surface area contributed by atoms with E-state index in [0.717, 1.165) is 13.1 Å². The zero-order valence-electron chi connectivity index (χ0n) is 36.3. The smallest absolute Gasteiger partial charge is 0.0781 e. The van der Waals surface area contributed by atoms with Crippen molar-refractivity contribution in [1.82, 2.24) is 9.80 Å². The van der Waals surface area contributed by atoms with Crippen LogP contribution in [0.1, 0.15) is 111 Å². The van der Waals surface area contributed by atoms with Crippen LogP contribution in [0.4, 0.5) is 0 Å². The summed E-state index contributed by atoms with van der Waals surface area (Å²) in [6.45, 7) is 40.1. The monoisotopic (exact) mass is 749 g/mol. The van der Waals surface area contributed by atoms with Crippen LogP contribution in [0.5, 0.6) is 0 Å². The van der Waals surface area contributed by atoms with E-state index in [1.54, 1.807) is 21.0 Å². The largest absolute Gasteiger partial charge is 0.397 e. The lowest BCUT2D eigenvalue weighted by molar-refractivity contribution is -0.0246. The highest BCUT2D eigenvalue weighted by Crippen LogP contribution is 2.28. The lowest BCUT2D eigenvalue weighted by Gasteiger charge is -2.50. The molecule has 3 atom stereocenters. The zero-order chi connectivity index (χ0) is 41.3. The van der Waals surface area contributed by atoms with E-state index in [9.17, 15) is 0 Å². The first kappa shape index (κ1) is 59.7. The standard InChI is InChI=1S/C18H40N2.C7H16O4.C6H14O3.C5H12O3.C2H6O/c1-15(2,3)19(16(4,5)6)13-14-20(17(7,8)9)18(10,11)12;1-7(11-5-3-9)6-10-4-2-8;1-6(5-7)9-4-3-8-2;1-5(4-7)8-3-2-6;1-2-3/h13-14H2,1-12H3;7-9H,2-6H2,1H3;6-7H,3-5H2,1-2H3;5-7H,2-4H2,1H3;3H,2H2,1H3. The van der Waals surface area contributed by atoms with Gasteiger partial charge in [0.25, 0.3) is 0 Å². The molecular formula is C38H88N2O11. The summed E-state index contributed by atoms with van der Waals surface area (Å²) in [6.07, 6.45) is -0.240. The van der Waals surface area contributed by atoms with Crippen LogP contribution in [0.3, 0.4) is 0 Å². The fourth-order valence-corrected chi connectivity index (χ4v) is 4.86. The predicted molar refractivity (Wildman–Crippen MR) is 210 cm³/mol. The predicted octanol–water partition coefficient (Wildman–Crippen LogP) is 3.58. The topological polar surface area (TPSA) is 174 Å². The number of hydrogen-bond donors (Lipinski definition) is 6. The van der Waals surface area contributed by atoms with Crippen molar-refractivity contribution in [2.75, 3.05) is 99.5 Å². The van der Waals surface area contributed by atoms with Gasteiger partial charge in [0.05, 0.1) is 91.0 Å². The Hall–Kier alpha value is -0.520. The molecular weight excluding hydrogens is 660 g/mol. The molecule has 6 N–H and O–H groups in total. The fourth-order valence-electron chi connectivity index (χ4n) is 4.86. The first-order chi connectivity index (χ1) is 23.3. The SMILES string of the molecule is CC(C)(C)N(CCN(C(C)(C)C)C(C)(C)C)C(C)(C)C.CC(CO)OCCO.CC(COCCO)OCCO.CCO.COCCOC(C)CO. The molecule has 0 fully saturated rings. The lowest BCUT2D eigenvalue weighted by atomic mass is 9.93. The van der Waals surface area contributed by atoms with Gasteiger partial charge in [0.1, 0.15) is 0 Å². The molecule has 0 radical (unpaired) electrons. The Balaban J connectivity index is -0.000000193. The summed E-state index contributed by atoms with van der Waals surface area (Å²) < 4.78 is 24.7. The van der Waals surface area contributed by atoms with Crippen molar-refractivity contribution in [3.05, 3.63) is 0 Å². The third kappa shape index (κ3) is 43.8. The molecule has 0 heterocycles. The minimum Gasteiger partial charge on any atom is -0.397 e. The summed E-state index contributed by atoms with van der Waals surface area (Å²) in [7, 11) is 1.62. The molecule has 0 aliphatic rings. The molecule has 13 nitrogen and oxygen atoms in total. The van der Waals surface area contributed by atoms with Crippen LogP contribution >= 0.6 is 0 Å². The average Bonchev–Trinajstić information content (AvgIpc) is 3.00. The third-order valence-corrected chi connectivity index (χ3v) is 6.57. The van der Waals surface area contributed by atoms with Gasteiger partial charge in [-0.15, -0.1) is 0 Å². The Labute approximate surface area is 314 Å². The van der Waals surface area contributed by atoms with E-state index in [2.05, 4.69) is 92.9 Å². The first-order valence-corrected chi connectivity index (χ1v) is 18.4. The molecule has 13 heteroatoms. The molecule has 3 unspecified atom stereocenters. The van der Waals surface area contributed by atoms with Gasteiger partial charge in [0, 0.05) is 49.0 Å². The Morgan fingerprint density at radius 2 is 0.765 bits per heavy atom. The third-order valence-electron chi connectivity index (χ3n) is 6.57. The molecule has 0 aliphatic carbocycles. The van der Waals surface area contributed by atoms with Crippen LogP contribution < -0.4 is 0 Å². The second-order valence-electron chi connectivity index (χ2n) is 16.0. The van der Waals surface area contributed by atoms with Crippen molar-refractivity contribution in [1.29, 1.82) is 0 Å². The minimum atomic E-state index is -0.151. The maximum Gasteiger partial charge on any atom is 0.0781 e. The summed E-state index contributed by atoms with van der Waals surface area (Å²) in [4.78, 5) is 5.23. The molecule has 0 rings (SSSR count). The number of rotatable bonds is 19. The van der Waals surface area contributed by atoms with Crippen LogP contribution in [0.25, 0.3) is 0 Å². The number of ether oxygens (including phenoxy) is 5. The van der Waals surface area contributed by atoms with Crippen molar-refractivity contribution in [2.45, 2.75) is 151 Å². The number of aliphatic hydroxyl groups excluding tert-OH is 6. The molecule has 0 aromatic heterocycles. The van der Waals surface area contributed by atoms with Crippen molar-refractivity contribution in [3.63, 3.8) is 0 Å². The van der Waals surface area contributed by atoms with E-state index < -0.39 is 0 Å². The Morgan fingerprint density at radius 1 is 0.471 bits per heavy atom. The quantitative estimate of drug-likeness (QED) is 0.106. The van der Waals surface area contributed by atoms with E-state index in [0.29, 0.717) is 39.6 Å². The van der Waals surface area contributed by atoms with Crippen LogP contribution in [-0.4, -0.2) is 180 Å². The summed E-state index contributed by atoms with van der Waals surface area (Å²) in [5, 5.41) is 49.3. The second kappa shape index (κ2) is 35.2. The normalized spacial score (nSPS) is 13.8. The average molecular weight is 749 g/mol. The minimum absolute atomic E-state index is 0.0139. The molecule has 0 spiro atoms. The molecule has 0 aromatic rings. The van der Waals surface area contributed by atoms with Crippen molar-refractivity contribution in [2.24, 2.45) is 0 Å². The Bertz CT molecular complexity index is 631. The van der Waals surface area contributed by atoms with E-state index in [1.165, 1.54) is 0 Å². The Kier molecular flexibility index (Phi) is 41.2. The summed E-state index contributed by atoms with van der Waals surface area (Å²) in [5.74, 6) is 0. The number of aliphatic hydroxyl groups is 6. The molecule has 0 saturated heterocycles. The van der Waals surface area contributed by atoms with Gasteiger partial charge in [-0.25, -0.2) is 0 Å². The van der Waals surface area contributed by atoms with Gasteiger partial charge in [-0.3, -0.25) is 9.80 Å². The second-order valence-corrected chi connectivity index (χ2v) is 16.0. The summed E-state index contributed by atoms with van der Waals surface area (Å²) >= 11 is 0. The summed E-state index contributed by atoms with van der Waals surface area (Å²) in [5.41, 5.74) is 0.777. The molecule has 0 aromatic carbocycles. The van der Waals surface area contributed by atoms with Gasteiger partial charge in [0.2, 0.25) is 0 Å². The highest BCUT2D eigenvalue weighted by molar-refractivity contribution is 4.91. The van der Waals surface area contributed by atoms with Crippen LogP contribution in [-0.2, 0) is 23.7 Å². The first-order valence-electron chi connectivity index (χ1n) is 18.4. The van der Waals surface area contributed by atoms with Gasteiger partial charge in [0.15, 0.2) is 0 Å². The molecule has 316 valence electrons. The van der Waals surface area contributed by atoms with E-state index in [1.807, 2.05) is 13.8 Å². The fraction of sp³-hybridized carbons (Fsp3) is 1.00. The van der Waals surface area contributed by atoms with Crippen LogP contribution in [0, 0.1) is 0 Å². The van der Waals surface area contributed by atoms with Crippen molar-refractivity contribution >= 4 is 0 Å². The number of methoxy groups -OCH3 is 1. The maximum absolute atomic E-state index is 8.47. The van der Waals surface area contributed by atoms with Gasteiger partial charge in [-0.05, 0) is 111 Å². The highest BCUT2D eigenvalue weighted by Gasteiger charge is 2.35. The van der Waals surface area contributed by atoms with Gasteiger partial charge >= 0.3 is 0 Å². The van der Waals surface area contributed by atoms with E-state index in [4.69, 9.17) is 54.3 Å². The van der Waals surface area contributed by atoms with Crippen molar-refractivity contribution in [3.8, 4) is 0 Å². The molecule has 0 saturated carbocycles. The van der Waals surface area contributed by atoms with Gasteiger partial charge in [-0.2, -0.15) is 0 Å². The van der Waals surface area contributed by atoms with E-state index in [-0.39, 0.29) is 80.1 Å². The van der Waals surface area contributed by atoms with Gasteiger partial charge in [-0.1, -0.05) is 0 Å². The maximum atomic E-state index is 8.47. The van der Waals surface area contributed by atoms with Gasteiger partial charge < -0.3 is 54.3 Å². The molecule has 0 bridgehead atoms. The van der Waals surface area contributed by atoms with E-state index >= 15 is 0 Å². The summed E-state index contributed by atoms with van der Waals surface area (Å²) in [6, 6.07) is 0. The molecule has 0 aliphatic heterocycles. The zero-order valence-corrected chi connectivity index (χ0v) is 36.3. The molecule has 51 heavy (non-hydrogen) atoms. The number of hydrogen-bond acceptors (Lipinski definition) is 13. The highest BCUT2D eigenvalue weighted by atomic mass is 16.5. The van der Waals surface area contributed by atoms with Crippen LogP contribution in [0.15, 0.2) is 0 Å². The molecule has 0 amide bonds. The van der Waals surface area contributed by atoms with Crippen molar-refractivity contribution < 1.29 is 54.3 Å². The van der Waals surface area contributed by atoms with Crippen LogP contribution in [0.2, 0.25) is 0 Å². The lowest BCUT2D eigenvalue weighted by Crippen LogP contribution is -2.59. The Morgan fingerprint density at radius 3 is 1.02 bits per heavy atom.